The average Bonchev–Trinajstić information content (AvgIpc) is 2.96. The Kier molecular flexibility index (Phi) is 8.42. The van der Waals surface area contributed by atoms with Crippen molar-refractivity contribution in [2.24, 2.45) is 5.92 Å². The monoisotopic (exact) mass is 487 g/mol. The summed E-state index contributed by atoms with van der Waals surface area (Å²) in [6, 6.07) is 6.54. The van der Waals surface area contributed by atoms with Crippen LogP contribution in [0.1, 0.15) is 18.9 Å². The Balaban J connectivity index is 1.74. The predicted molar refractivity (Wildman–Crippen MR) is 125 cm³/mol. The second-order valence-corrected chi connectivity index (χ2v) is 8.16. The van der Waals surface area contributed by atoms with Crippen LogP contribution in [0.3, 0.4) is 0 Å². The number of amides is 5. The summed E-state index contributed by atoms with van der Waals surface area (Å²) in [5, 5.41) is 8.39. The van der Waals surface area contributed by atoms with Gasteiger partial charge in [-0.15, -0.1) is 0 Å². The maximum Gasteiger partial charge on any atom is 0.325 e. The van der Waals surface area contributed by atoms with Gasteiger partial charge in [-0.3, -0.25) is 24.3 Å². The van der Waals surface area contributed by atoms with Crippen molar-refractivity contribution in [1.29, 1.82) is 0 Å². The molecule has 2 aromatic rings. The Morgan fingerprint density at radius 1 is 1.26 bits per heavy atom. The Bertz CT molecular complexity index is 1060. The number of methoxy groups -OCH3 is 1. The van der Waals surface area contributed by atoms with Crippen molar-refractivity contribution in [3.63, 3.8) is 0 Å². The van der Waals surface area contributed by atoms with Crippen molar-refractivity contribution in [2.75, 3.05) is 25.5 Å². The van der Waals surface area contributed by atoms with Crippen molar-refractivity contribution in [3.05, 3.63) is 53.3 Å². The van der Waals surface area contributed by atoms with Gasteiger partial charge in [0.2, 0.25) is 17.7 Å². The second-order valence-electron chi connectivity index (χ2n) is 7.72. The molecule has 180 valence electrons. The first-order chi connectivity index (χ1) is 16.3. The zero-order valence-corrected chi connectivity index (χ0v) is 19.6. The lowest BCUT2D eigenvalue weighted by atomic mass is 9.97. The van der Waals surface area contributed by atoms with Gasteiger partial charge < -0.3 is 20.7 Å². The highest BCUT2D eigenvalue weighted by Crippen LogP contribution is 2.26. The van der Waals surface area contributed by atoms with Gasteiger partial charge >= 0.3 is 6.03 Å². The van der Waals surface area contributed by atoms with E-state index >= 15 is 0 Å². The summed E-state index contributed by atoms with van der Waals surface area (Å²) < 4.78 is 5.35. The highest BCUT2D eigenvalue weighted by molar-refractivity contribution is 6.30. The number of ether oxygens (including phenoxy) is 1. The SMILES string of the molecule is CC[C@@H](NC(=O)N1CC(=O)NCC(Cc2cc(Cl)ccc2OC)C1=O)C(=O)Nc1ccncc1. The van der Waals surface area contributed by atoms with Crippen LogP contribution in [0.2, 0.25) is 5.02 Å². The fourth-order valence-corrected chi connectivity index (χ4v) is 3.76. The summed E-state index contributed by atoms with van der Waals surface area (Å²) in [4.78, 5) is 55.8. The van der Waals surface area contributed by atoms with Gasteiger partial charge in [0.15, 0.2) is 0 Å². The average molecular weight is 488 g/mol. The molecule has 1 aliphatic heterocycles. The van der Waals surface area contributed by atoms with Crippen molar-refractivity contribution in [3.8, 4) is 5.75 Å². The van der Waals surface area contributed by atoms with E-state index in [1.165, 1.54) is 19.5 Å². The number of imide groups is 1. The molecule has 11 heteroatoms. The molecule has 1 fully saturated rings. The molecular formula is C23H26ClN5O5. The number of carbonyl (C=O) groups excluding carboxylic acids is 4. The van der Waals surface area contributed by atoms with Crippen LogP contribution in [0.15, 0.2) is 42.7 Å². The lowest BCUT2D eigenvalue weighted by Gasteiger charge is -2.25. The summed E-state index contributed by atoms with van der Waals surface area (Å²) in [5.41, 5.74) is 1.20. The Morgan fingerprint density at radius 2 is 2.00 bits per heavy atom. The molecule has 34 heavy (non-hydrogen) atoms. The molecule has 1 aromatic carbocycles. The van der Waals surface area contributed by atoms with E-state index in [0.29, 0.717) is 22.0 Å². The summed E-state index contributed by atoms with van der Waals surface area (Å²) in [7, 11) is 1.51. The van der Waals surface area contributed by atoms with E-state index < -0.39 is 42.3 Å². The van der Waals surface area contributed by atoms with E-state index in [2.05, 4.69) is 20.9 Å². The van der Waals surface area contributed by atoms with Crippen LogP contribution in [-0.4, -0.2) is 59.9 Å². The van der Waals surface area contributed by atoms with Crippen LogP contribution in [0.4, 0.5) is 10.5 Å². The number of halogens is 1. The quantitative estimate of drug-likeness (QED) is 0.547. The van der Waals surface area contributed by atoms with E-state index in [0.717, 1.165) is 4.90 Å². The maximum atomic E-state index is 13.2. The van der Waals surface area contributed by atoms with Crippen LogP contribution in [0, 0.1) is 5.92 Å². The minimum Gasteiger partial charge on any atom is -0.496 e. The minimum atomic E-state index is -0.911. The smallest absolute Gasteiger partial charge is 0.325 e. The normalized spacial score (nSPS) is 16.8. The fraction of sp³-hybridized carbons (Fsp3) is 0.348. The molecule has 5 amide bonds. The standard InChI is InChI=1S/C23H26ClN5O5/c1-3-18(21(31)27-17-6-8-25-9-7-17)28-23(33)29-13-20(30)26-12-15(22(29)32)10-14-11-16(24)4-5-19(14)34-2/h4-9,11,15,18H,3,10,12-13H2,1-2H3,(H,26,30)(H,28,33)(H,25,27,31)/t15?,18-/m1/s1. The van der Waals surface area contributed by atoms with E-state index in [1.807, 2.05) is 0 Å². The summed E-state index contributed by atoms with van der Waals surface area (Å²) in [5.74, 6) is -1.65. The highest BCUT2D eigenvalue weighted by atomic mass is 35.5. The van der Waals surface area contributed by atoms with Gasteiger partial charge in [-0.2, -0.15) is 0 Å². The Labute approximate surface area is 202 Å². The van der Waals surface area contributed by atoms with Crippen LogP contribution < -0.4 is 20.7 Å². The number of hydrogen-bond donors (Lipinski definition) is 3. The van der Waals surface area contributed by atoms with E-state index in [1.54, 1.807) is 37.3 Å². The van der Waals surface area contributed by atoms with Crippen LogP contribution in [0.25, 0.3) is 0 Å². The van der Waals surface area contributed by atoms with Gasteiger partial charge in [-0.05, 0) is 48.7 Å². The predicted octanol–water partition coefficient (Wildman–Crippen LogP) is 1.99. The number of aromatic nitrogens is 1. The van der Waals surface area contributed by atoms with E-state index in [4.69, 9.17) is 16.3 Å². The third-order valence-electron chi connectivity index (χ3n) is 5.39. The van der Waals surface area contributed by atoms with E-state index in [-0.39, 0.29) is 19.4 Å². The minimum absolute atomic E-state index is 0.0524. The van der Waals surface area contributed by atoms with Gasteiger partial charge in [0.25, 0.3) is 0 Å². The molecule has 10 nitrogen and oxygen atoms in total. The third kappa shape index (κ3) is 6.22. The summed E-state index contributed by atoms with van der Waals surface area (Å²) >= 11 is 6.10. The molecule has 3 rings (SSSR count). The number of benzene rings is 1. The molecule has 1 aliphatic rings. The number of carbonyl (C=O) groups is 4. The molecular weight excluding hydrogens is 462 g/mol. The molecule has 0 aliphatic carbocycles. The van der Waals surface area contributed by atoms with Crippen molar-refractivity contribution >= 4 is 41.0 Å². The van der Waals surface area contributed by atoms with Crippen molar-refractivity contribution < 1.29 is 23.9 Å². The van der Waals surface area contributed by atoms with Crippen LogP contribution in [-0.2, 0) is 20.8 Å². The number of nitrogens with zero attached hydrogens (tertiary/aromatic N) is 2. The number of anilines is 1. The molecule has 0 spiro atoms. The zero-order chi connectivity index (χ0) is 24.7. The molecule has 1 unspecified atom stereocenters. The number of nitrogens with one attached hydrogen (secondary N) is 3. The largest absolute Gasteiger partial charge is 0.496 e. The van der Waals surface area contributed by atoms with Crippen LogP contribution >= 0.6 is 11.6 Å². The van der Waals surface area contributed by atoms with Gasteiger partial charge in [0.1, 0.15) is 18.3 Å². The molecule has 3 N–H and O–H groups in total. The third-order valence-corrected chi connectivity index (χ3v) is 5.62. The summed E-state index contributed by atoms with van der Waals surface area (Å²) in [6.45, 7) is 1.33. The lowest BCUT2D eigenvalue weighted by molar-refractivity contribution is -0.133. The number of rotatable bonds is 7. The molecule has 0 bridgehead atoms. The van der Waals surface area contributed by atoms with Gasteiger partial charge in [0.05, 0.1) is 13.0 Å². The molecule has 2 atom stereocenters. The molecule has 0 saturated carbocycles. The van der Waals surface area contributed by atoms with Gasteiger partial charge in [-0.1, -0.05) is 18.5 Å². The zero-order valence-electron chi connectivity index (χ0n) is 18.8. The summed E-state index contributed by atoms with van der Waals surface area (Å²) in [6.07, 6.45) is 3.53. The topological polar surface area (TPSA) is 130 Å². The Morgan fingerprint density at radius 3 is 2.68 bits per heavy atom. The van der Waals surface area contributed by atoms with Gasteiger partial charge in [-0.25, -0.2) is 4.79 Å². The molecule has 1 saturated heterocycles. The molecule has 2 heterocycles. The van der Waals surface area contributed by atoms with Crippen LogP contribution in [0.5, 0.6) is 5.75 Å². The number of pyridine rings is 1. The first kappa shape index (κ1) is 25.0. The molecule has 0 radical (unpaired) electrons. The number of hydrogen-bond acceptors (Lipinski definition) is 6. The molecule has 1 aromatic heterocycles. The lowest BCUT2D eigenvalue weighted by Crippen LogP contribution is -2.53. The highest BCUT2D eigenvalue weighted by Gasteiger charge is 2.35. The fourth-order valence-electron chi connectivity index (χ4n) is 3.57. The van der Waals surface area contributed by atoms with Crippen molar-refractivity contribution in [1.82, 2.24) is 20.5 Å². The van der Waals surface area contributed by atoms with Gasteiger partial charge in [0, 0.05) is 29.6 Å². The first-order valence-corrected chi connectivity index (χ1v) is 11.1. The maximum absolute atomic E-state index is 13.2. The number of urea groups is 1. The Hall–Kier alpha value is -3.66. The van der Waals surface area contributed by atoms with E-state index in [9.17, 15) is 19.2 Å². The second kappa shape index (κ2) is 11.5. The first-order valence-electron chi connectivity index (χ1n) is 10.7. The van der Waals surface area contributed by atoms with Crippen molar-refractivity contribution in [2.45, 2.75) is 25.8 Å².